The first-order valence-electron chi connectivity index (χ1n) is 10.1. The summed E-state index contributed by atoms with van der Waals surface area (Å²) in [5.41, 5.74) is 18.6. The molecule has 4 heterocycles. The Labute approximate surface area is 179 Å². The minimum absolute atomic E-state index is 0.298. The van der Waals surface area contributed by atoms with Crippen LogP contribution in [0.3, 0.4) is 0 Å². The smallest absolute Gasteiger partial charge is 0.158 e. The monoisotopic (exact) mass is 438 g/mol. The van der Waals surface area contributed by atoms with Crippen LogP contribution in [0.1, 0.15) is 25.7 Å². The van der Waals surface area contributed by atoms with Crippen LogP contribution in [-0.4, -0.2) is 61.1 Å². The van der Waals surface area contributed by atoms with Crippen molar-refractivity contribution in [2.24, 2.45) is 38.8 Å². The van der Waals surface area contributed by atoms with E-state index in [4.69, 9.17) is 42.1 Å². The van der Waals surface area contributed by atoms with Crippen molar-refractivity contribution in [3.8, 4) is 0 Å². The largest absolute Gasteiger partial charge is 0.382 e. The van der Waals surface area contributed by atoms with E-state index in [9.17, 15) is 0 Å². The zero-order valence-electron chi connectivity index (χ0n) is 17.2. The van der Waals surface area contributed by atoms with Crippen LogP contribution < -0.4 is 34.0 Å². The first-order chi connectivity index (χ1) is 14.9. The number of rotatable bonds is 6. The Hall–Kier alpha value is -2.62. The van der Waals surface area contributed by atoms with Crippen molar-refractivity contribution in [2.75, 3.05) is 26.4 Å². The quantitative estimate of drug-likeness (QED) is 0.249. The van der Waals surface area contributed by atoms with Gasteiger partial charge in [0.05, 0.1) is 31.8 Å². The third-order valence-corrected chi connectivity index (χ3v) is 5.21. The number of amidine groups is 2. The van der Waals surface area contributed by atoms with Crippen LogP contribution in [-0.2, 0) is 18.9 Å². The number of allylic oxidation sites excluding steroid dienone is 2. The van der Waals surface area contributed by atoms with Gasteiger partial charge in [-0.15, -0.1) is 20.7 Å². The fourth-order valence-corrected chi connectivity index (χ4v) is 3.63. The van der Waals surface area contributed by atoms with Crippen molar-refractivity contribution in [2.45, 2.75) is 38.3 Å². The highest BCUT2D eigenvalue weighted by Gasteiger charge is 2.42. The van der Waals surface area contributed by atoms with Gasteiger partial charge < -0.3 is 30.4 Å². The van der Waals surface area contributed by atoms with Gasteiger partial charge in [0.25, 0.3) is 0 Å². The molecule has 2 fully saturated rings. The lowest BCUT2D eigenvalue weighted by Crippen LogP contribution is -2.52. The van der Waals surface area contributed by atoms with Gasteiger partial charge in [0.15, 0.2) is 12.6 Å². The second-order valence-electron chi connectivity index (χ2n) is 7.98. The summed E-state index contributed by atoms with van der Waals surface area (Å²) in [5.74, 6) is 11.9. The van der Waals surface area contributed by atoms with Gasteiger partial charge in [-0.05, 0) is 12.8 Å². The van der Waals surface area contributed by atoms with Crippen molar-refractivity contribution in [3.63, 3.8) is 0 Å². The average Bonchev–Trinajstić information content (AvgIpc) is 2.72. The maximum absolute atomic E-state index is 5.92. The van der Waals surface area contributed by atoms with Crippen LogP contribution in [0.2, 0.25) is 0 Å². The third kappa shape index (κ3) is 5.75. The molecule has 4 rings (SSSR count). The zero-order valence-corrected chi connectivity index (χ0v) is 17.2. The molecule has 10 N–H and O–H groups in total. The Kier molecular flexibility index (Phi) is 6.45. The van der Waals surface area contributed by atoms with E-state index in [-0.39, 0.29) is 18.0 Å². The summed E-state index contributed by atoms with van der Waals surface area (Å²) in [6, 6.07) is 0. The van der Waals surface area contributed by atoms with Crippen LogP contribution in [0.25, 0.3) is 0 Å². The number of hydrogen-bond acceptors (Lipinski definition) is 14. The van der Waals surface area contributed by atoms with E-state index in [1.165, 1.54) is 0 Å². The summed E-state index contributed by atoms with van der Waals surface area (Å²) in [4.78, 5) is 0. The molecule has 0 amide bonds. The van der Waals surface area contributed by atoms with Crippen LogP contribution in [0.15, 0.2) is 33.7 Å². The van der Waals surface area contributed by atoms with Crippen LogP contribution in [0.4, 0.5) is 0 Å². The van der Waals surface area contributed by atoms with Gasteiger partial charge in [0.2, 0.25) is 0 Å². The molecule has 0 radical (unpaired) electrons. The second-order valence-corrected chi connectivity index (χ2v) is 7.98. The molecule has 0 aliphatic carbocycles. The second kappa shape index (κ2) is 9.25. The van der Waals surface area contributed by atoms with Crippen molar-refractivity contribution in [1.82, 2.24) is 21.3 Å². The van der Waals surface area contributed by atoms with Gasteiger partial charge in [-0.3, -0.25) is 10.9 Å². The van der Waals surface area contributed by atoms with E-state index >= 15 is 0 Å². The van der Waals surface area contributed by atoms with E-state index in [0.717, 1.165) is 21.8 Å². The fourth-order valence-electron chi connectivity index (χ4n) is 3.63. The average molecular weight is 438 g/mol. The topological polar surface area (TPSA) is 196 Å². The van der Waals surface area contributed by atoms with Crippen molar-refractivity contribution in [3.05, 3.63) is 23.5 Å². The minimum Gasteiger partial charge on any atom is -0.382 e. The summed E-state index contributed by atoms with van der Waals surface area (Å²) in [5, 5.41) is 9.86. The Morgan fingerprint density at radius 2 is 1.19 bits per heavy atom. The number of hydrogen-bond donors (Lipinski definition) is 6. The van der Waals surface area contributed by atoms with Crippen molar-refractivity contribution >= 4 is 11.7 Å². The molecule has 14 nitrogen and oxygen atoms in total. The summed E-state index contributed by atoms with van der Waals surface area (Å²) in [7, 11) is 0. The standard InChI is InChI=1S/C17H30N10O4/c18-13-5-11(22-26(20)24-13)1-3-15-28-7-17(8-29-15)9-30-16(31-10-17)4-2-12-6-14(19)25-27(21)23-12/h5-6,15-16,22-23H,1-4,7-10,20-21H2,(H2,18,24)(H2,19,25). The summed E-state index contributed by atoms with van der Waals surface area (Å²) in [6.45, 7) is 2.02. The van der Waals surface area contributed by atoms with E-state index in [1.54, 1.807) is 12.2 Å². The number of hydrazine groups is 4. The van der Waals surface area contributed by atoms with E-state index in [2.05, 4.69) is 21.1 Å². The van der Waals surface area contributed by atoms with Gasteiger partial charge in [-0.1, -0.05) is 0 Å². The van der Waals surface area contributed by atoms with Crippen LogP contribution in [0, 0.1) is 5.41 Å². The number of nitrogens with two attached hydrogens (primary N) is 4. The number of nitrogens with one attached hydrogen (secondary N) is 2. The predicted octanol–water partition coefficient (Wildman–Crippen LogP) is -2.02. The molecule has 0 atom stereocenters. The number of ether oxygens (including phenoxy) is 4. The Balaban J connectivity index is 1.16. The summed E-state index contributed by atoms with van der Waals surface area (Å²) >= 11 is 0. The molecule has 0 aromatic carbocycles. The lowest BCUT2D eigenvalue weighted by atomic mass is 9.90. The van der Waals surface area contributed by atoms with Gasteiger partial charge in [-0.25, -0.2) is 11.7 Å². The van der Waals surface area contributed by atoms with Gasteiger partial charge >= 0.3 is 0 Å². The van der Waals surface area contributed by atoms with E-state index in [0.29, 0.717) is 63.8 Å². The van der Waals surface area contributed by atoms with Gasteiger partial charge in [0, 0.05) is 36.4 Å². The fraction of sp³-hybridized carbons (Fsp3) is 0.647. The van der Waals surface area contributed by atoms with E-state index in [1.807, 2.05) is 0 Å². The molecule has 0 saturated carbocycles. The zero-order chi connectivity index (χ0) is 21.8. The normalized spacial score (nSPS) is 31.3. The van der Waals surface area contributed by atoms with Crippen molar-refractivity contribution in [1.29, 1.82) is 0 Å². The molecule has 4 aliphatic rings. The Morgan fingerprint density at radius 3 is 1.55 bits per heavy atom. The maximum Gasteiger partial charge on any atom is 0.158 e. The Bertz CT molecular complexity index is 701. The van der Waals surface area contributed by atoms with Gasteiger partial charge in [0.1, 0.15) is 11.7 Å². The molecule has 4 aliphatic heterocycles. The SMILES string of the molecule is NC1=NN(N)NC(CCC2OCC3(CO2)COC(CCC2=CC(N)=NN(N)N2)OC3)=C1. The molecule has 14 heteroatoms. The minimum atomic E-state index is -0.312. The maximum atomic E-state index is 5.92. The molecule has 172 valence electrons. The van der Waals surface area contributed by atoms with E-state index < -0.39 is 0 Å². The third-order valence-electron chi connectivity index (χ3n) is 5.21. The first-order valence-corrected chi connectivity index (χ1v) is 10.1. The highest BCUT2D eigenvalue weighted by Crippen LogP contribution is 2.32. The van der Waals surface area contributed by atoms with Crippen LogP contribution in [0.5, 0.6) is 0 Å². The number of nitrogens with zero attached hydrogens (tertiary/aromatic N) is 4. The molecular weight excluding hydrogens is 408 g/mol. The Morgan fingerprint density at radius 1 is 0.806 bits per heavy atom. The molecule has 31 heavy (non-hydrogen) atoms. The molecule has 0 unspecified atom stereocenters. The van der Waals surface area contributed by atoms with Gasteiger partial charge in [-0.2, -0.15) is 0 Å². The molecule has 0 bridgehead atoms. The lowest BCUT2D eigenvalue weighted by molar-refractivity contribution is -0.303. The molecule has 1 spiro atoms. The van der Waals surface area contributed by atoms with Crippen LogP contribution >= 0.6 is 0 Å². The lowest BCUT2D eigenvalue weighted by Gasteiger charge is -2.43. The molecular formula is C17H30N10O4. The molecule has 0 aromatic rings. The number of hydrazone groups is 2. The molecule has 2 saturated heterocycles. The molecule has 0 aromatic heterocycles. The summed E-state index contributed by atoms with van der Waals surface area (Å²) in [6.07, 6.45) is 5.50. The highest BCUT2D eigenvalue weighted by atomic mass is 16.7. The highest BCUT2D eigenvalue weighted by molar-refractivity contribution is 5.92. The first kappa shape index (κ1) is 21.6. The summed E-state index contributed by atoms with van der Waals surface area (Å²) < 4.78 is 23.7. The van der Waals surface area contributed by atoms with Crippen molar-refractivity contribution < 1.29 is 18.9 Å². The predicted molar refractivity (Wildman–Crippen MR) is 110 cm³/mol.